The third-order valence-corrected chi connectivity index (χ3v) is 6.25. The van der Waals surface area contributed by atoms with Crippen molar-refractivity contribution < 1.29 is 9.53 Å². The van der Waals surface area contributed by atoms with Gasteiger partial charge in [-0.3, -0.25) is 0 Å². The monoisotopic (exact) mass is 342 g/mol. The Balaban J connectivity index is 1.75. The van der Waals surface area contributed by atoms with Gasteiger partial charge in [-0.05, 0) is 65.7 Å². The molecule has 0 aromatic rings. The number of hydrogen-bond acceptors (Lipinski definition) is 4. The van der Waals surface area contributed by atoms with Crippen LogP contribution in [0.2, 0.25) is 0 Å². The molecule has 0 N–H and O–H groups in total. The molecule has 0 bridgehead atoms. The predicted octanol–water partition coefficient (Wildman–Crippen LogP) is 3.85. The number of ether oxygens (including phenoxy) is 1. The average Bonchev–Trinajstić information content (AvgIpc) is 2.94. The van der Waals surface area contributed by atoms with E-state index in [0.29, 0.717) is 5.92 Å². The van der Waals surface area contributed by atoms with E-state index < -0.39 is 5.60 Å². The Bertz CT molecular complexity index is 389. The van der Waals surface area contributed by atoms with Crippen LogP contribution in [0, 0.1) is 5.92 Å². The molecule has 1 saturated carbocycles. The summed E-state index contributed by atoms with van der Waals surface area (Å²) in [5.41, 5.74) is -0.399. The second-order valence-corrected chi connectivity index (χ2v) is 9.20. The first-order valence-electron chi connectivity index (χ1n) is 9.01. The van der Waals surface area contributed by atoms with Gasteiger partial charge in [-0.15, -0.1) is 0 Å². The molecule has 1 heterocycles. The van der Waals surface area contributed by atoms with Crippen LogP contribution in [-0.4, -0.2) is 65.7 Å². The van der Waals surface area contributed by atoms with E-state index in [1.165, 1.54) is 25.8 Å². The molecule has 2 aliphatic rings. The number of nitrogens with zero attached hydrogens (tertiary/aromatic N) is 2. The van der Waals surface area contributed by atoms with Gasteiger partial charge in [0.05, 0.1) is 0 Å². The van der Waals surface area contributed by atoms with E-state index in [1.807, 2.05) is 37.4 Å². The molecule has 1 aliphatic carbocycles. The molecule has 0 unspecified atom stereocenters. The number of carbonyl (C=O) groups excluding carboxylic acids is 1. The number of piperidine rings is 1. The normalized spacial score (nSPS) is 26.8. The highest BCUT2D eigenvalue weighted by atomic mass is 32.2. The standard InChI is InChI=1S/C18H34N2O2S/c1-18(2,3)22-17(21)20-11-9-14(10-12-20)13-19(4)15-7-6-8-16(15)23-5/h14-16H,6-13H2,1-5H3/t15-,16-/m1/s1. The smallest absolute Gasteiger partial charge is 0.410 e. The number of hydrogen-bond donors (Lipinski definition) is 0. The average molecular weight is 343 g/mol. The zero-order valence-corrected chi connectivity index (χ0v) is 16.3. The van der Waals surface area contributed by atoms with E-state index in [-0.39, 0.29) is 6.09 Å². The number of amides is 1. The second kappa shape index (κ2) is 8.11. The van der Waals surface area contributed by atoms with E-state index >= 15 is 0 Å². The topological polar surface area (TPSA) is 32.8 Å². The quantitative estimate of drug-likeness (QED) is 0.777. The number of likely N-dealkylation sites (tertiary alicyclic amines) is 1. The minimum atomic E-state index is -0.399. The van der Waals surface area contributed by atoms with Crippen LogP contribution in [0.25, 0.3) is 0 Å². The van der Waals surface area contributed by atoms with Crippen LogP contribution < -0.4 is 0 Å². The molecule has 0 aromatic heterocycles. The lowest BCUT2D eigenvalue weighted by atomic mass is 9.96. The van der Waals surface area contributed by atoms with Crippen molar-refractivity contribution in [2.75, 3.05) is 32.9 Å². The number of rotatable bonds is 4. The molecule has 1 amide bonds. The van der Waals surface area contributed by atoms with Gasteiger partial charge < -0.3 is 14.5 Å². The van der Waals surface area contributed by atoms with Crippen molar-refractivity contribution in [1.29, 1.82) is 0 Å². The molecule has 23 heavy (non-hydrogen) atoms. The highest BCUT2D eigenvalue weighted by Crippen LogP contribution is 2.32. The van der Waals surface area contributed by atoms with Gasteiger partial charge in [-0.25, -0.2) is 4.79 Å². The lowest BCUT2D eigenvalue weighted by Gasteiger charge is -2.37. The van der Waals surface area contributed by atoms with Crippen molar-refractivity contribution in [2.24, 2.45) is 5.92 Å². The molecule has 4 nitrogen and oxygen atoms in total. The van der Waals surface area contributed by atoms with Crippen LogP contribution in [0.5, 0.6) is 0 Å². The molecular weight excluding hydrogens is 308 g/mol. The van der Waals surface area contributed by atoms with Gasteiger partial charge in [-0.2, -0.15) is 11.8 Å². The summed E-state index contributed by atoms with van der Waals surface area (Å²) in [5, 5.41) is 0.807. The van der Waals surface area contributed by atoms with Crippen LogP contribution in [0.4, 0.5) is 4.79 Å². The highest BCUT2D eigenvalue weighted by Gasteiger charge is 2.32. The summed E-state index contributed by atoms with van der Waals surface area (Å²) >= 11 is 2.03. The molecule has 0 aromatic carbocycles. The Morgan fingerprint density at radius 3 is 2.43 bits per heavy atom. The van der Waals surface area contributed by atoms with E-state index in [9.17, 15) is 4.79 Å². The maximum absolute atomic E-state index is 12.1. The summed E-state index contributed by atoms with van der Waals surface area (Å²) in [6, 6.07) is 0.744. The van der Waals surface area contributed by atoms with Gasteiger partial charge in [0.1, 0.15) is 5.60 Å². The van der Waals surface area contributed by atoms with Gasteiger partial charge >= 0.3 is 6.09 Å². The molecule has 2 rings (SSSR count). The molecule has 134 valence electrons. The SMILES string of the molecule is CS[C@@H]1CCC[C@H]1N(C)CC1CCN(C(=O)OC(C)(C)C)CC1. The molecule has 5 heteroatoms. The lowest BCUT2D eigenvalue weighted by Crippen LogP contribution is -2.45. The van der Waals surface area contributed by atoms with E-state index in [1.54, 1.807) is 0 Å². The van der Waals surface area contributed by atoms with Crippen molar-refractivity contribution in [3.05, 3.63) is 0 Å². The molecule has 0 spiro atoms. The fraction of sp³-hybridized carbons (Fsp3) is 0.944. The highest BCUT2D eigenvalue weighted by molar-refractivity contribution is 7.99. The van der Waals surface area contributed by atoms with Crippen LogP contribution in [0.3, 0.4) is 0 Å². The summed E-state index contributed by atoms with van der Waals surface area (Å²) in [6.07, 6.45) is 8.38. The zero-order valence-electron chi connectivity index (χ0n) is 15.5. The summed E-state index contributed by atoms with van der Waals surface area (Å²) in [6.45, 7) is 8.63. The van der Waals surface area contributed by atoms with Crippen molar-refractivity contribution in [2.45, 2.75) is 69.8 Å². The first kappa shape index (κ1) is 18.9. The predicted molar refractivity (Wildman–Crippen MR) is 98.1 cm³/mol. The van der Waals surface area contributed by atoms with Crippen molar-refractivity contribution in [3.63, 3.8) is 0 Å². The second-order valence-electron chi connectivity index (χ2n) is 8.12. The first-order valence-corrected chi connectivity index (χ1v) is 10.3. The third-order valence-electron chi connectivity index (χ3n) is 5.10. The Morgan fingerprint density at radius 2 is 1.87 bits per heavy atom. The van der Waals surface area contributed by atoms with E-state index in [0.717, 1.165) is 37.2 Å². The van der Waals surface area contributed by atoms with Gasteiger partial charge in [0.25, 0.3) is 0 Å². The maximum Gasteiger partial charge on any atom is 0.410 e. The number of carbonyl (C=O) groups is 1. The fourth-order valence-electron chi connectivity index (χ4n) is 3.85. The Hall–Kier alpha value is -0.420. The van der Waals surface area contributed by atoms with Gasteiger partial charge in [0.2, 0.25) is 0 Å². The largest absolute Gasteiger partial charge is 0.444 e. The summed E-state index contributed by atoms with van der Waals surface area (Å²) in [7, 11) is 2.29. The third kappa shape index (κ3) is 5.56. The first-order chi connectivity index (χ1) is 10.8. The molecule has 2 atom stereocenters. The summed E-state index contributed by atoms with van der Waals surface area (Å²) < 4.78 is 5.48. The van der Waals surface area contributed by atoms with Crippen LogP contribution in [-0.2, 0) is 4.74 Å². The van der Waals surface area contributed by atoms with Crippen LogP contribution in [0.1, 0.15) is 52.9 Å². The molecular formula is C18H34N2O2S. The minimum Gasteiger partial charge on any atom is -0.444 e. The molecule has 2 fully saturated rings. The lowest BCUT2D eigenvalue weighted by molar-refractivity contribution is 0.0168. The summed E-state index contributed by atoms with van der Waals surface area (Å²) in [4.78, 5) is 16.6. The molecule has 1 aliphatic heterocycles. The fourth-order valence-corrected chi connectivity index (χ4v) is 4.91. The Morgan fingerprint density at radius 1 is 1.22 bits per heavy atom. The van der Waals surface area contributed by atoms with Gasteiger partial charge in [0, 0.05) is 30.9 Å². The van der Waals surface area contributed by atoms with E-state index in [4.69, 9.17) is 4.74 Å². The van der Waals surface area contributed by atoms with Crippen LogP contribution >= 0.6 is 11.8 Å². The van der Waals surface area contributed by atoms with Gasteiger partial charge in [-0.1, -0.05) is 6.42 Å². The summed E-state index contributed by atoms with van der Waals surface area (Å²) in [5.74, 6) is 0.710. The van der Waals surface area contributed by atoms with Crippen molar-refractivity contribution in [3.8, 4) is 0 Å². The van der Waals surface area contributed by atoms with Gasteiger partial charge in [0.15, 0.2) is 0 Å². The maximum atomic E-state index is 12.1. The minimum absolute atomic E-state index is 0.150. The van der Waals surface area contributed by atoms with Crippen molar-refractivity contribution in [1.82, 2.24) is 9.80 Å². The molecule has 0 radical (unpaired) electrons. The zero-order chi connectivity index (χ0) is 17.0. The van der Waals surface area contributed by atoms with E-state index in [2.05, 4.69) is 18.2 Å². The van der Waals surface area contributed by atoms with Crippen molar-refractivity contribution >= 4 is 17.9 Å². The Kier molecular flexibility index (Phi) is 6.66. The molecule has 1 saturated heterocycles. The Labute approximate surface area is 146 Å². The number of thioether (sulfide) groups is 1. The van der Waals surface area contributed by atoms with Crippen LogP contribution in [0.15, 0.2) is 0 Å².